The third kappa shape index (κ3) is 4.23. The molecule has 6 nitrogen and oxygen atoms in total. The number of esters is 1. The molecule has 144 valence electrons. The fraction of sp³-hybridized carbons (Fsp3) is 0.200. The SMILES string of the molecule is COC(=O)CCn1c(=NC(=O)c2ccc(C(C)=O)cc2)sc2cc(F)ccc21. The molecule has 2 aromatic carbocycles. The van der Waals surface area contributed by atoms with E-state index < -0.39 is 17.7 Å². The van der Waals surface area contributed by atoms with E-state index in [1.54, 1.807) is 22.8 Å². The van der Waals surface area contributed by atoms with E-state index in [-0.39, 0.29) is 18.7 Å². The topological polar surface area (TPSA) is 77.7 Å². The van der Waals surface area contributed by atoms with Gasteiger partial charge in [-0.25, -0.2) is 4.39 Å². The molecule has 0 radical (unpaired) electrons. The number of hydrogen-bond donors (Lipinski definition) is 0. The lowest BCUT2D eigenvalue weighted by Crippen LogP contribution is -2.19. The molecule has 0 aliphatic carbocycles. The van der Waals surface area contributed by atoms with Gasteiger partial charge in [-0.15, -0.1) is 0 Å². The van der Waals surface area contributed by atoms with Crippen LogP contribution >= 0.6 is 11.3 Å². The summed E-state index contributed by atoms with van der Waals surface area (Å²) >= 11 is 1.16. The van der Waals surface area contributed by atoms with Crippen molar-refractivity contribution in [2.24, 2.45) is 4.99 Å². The number of ketones is 1. The van der Waals surface area contributed by atoms with Crippen molar-refractivity contribution in [3.05, 3.63) is 64.2 Å². The first-order valence-electron chi connectivity index (χ1n) is 8.45. The average Bonchev–Trinajstić information content (AvgIpc) is 3.01. The summed E-state index contributed by atoms with van der Waals surface area (Å²) in [6, 6.07) is 10.5. The van der Waals surface area contributed by atoms with E-state index in [9.17, 15) is 18.8 Å². The highest BCUT2D eigenvalue weighted by Crippen LogP contribution is 2.19. The molecule has 0 aliphatic heterocycles. The van der Waals surface area contributed by atoms with E-state index in [2.05, 4.69) is 9.73 Å². The lowest BCUT2D eigenvalue weighted by atomic mass is 10.1. The molecule has 0 saturated carbocycles. The molecule has 3 aromatic rings. The maximum absolute atomic E-state index is 13.6. The first kappa shape index (κ1) is 19.6. The van der Waals surface area contributed by atoms with E-state index in [1.165, 1.54) is 38.3 Å². The number of hydrogen-bond acceptors (Lipinski definition) is 5. The molecule has 1 aromatic heterocycles. The van der Waals surface area contributed by atoms with E-state index >= 15 is 0 Å². The minimum absolute atomic E-state index is 0.0917. The number of aryl methyl sites for hydroxylation is 1. The second-order valence-corrected chi connectivity index (χ2v) is 7.03. The molecular formula is C20H17FN2O4S. The number of amides is 1. The van der Waals surface area contributed by atoms with Crippen LogP contribution in [0.5, 0.6) is 0 Å². The number of thiazole rings is 1. The van der Waals surface area contributed by atoms with Crippen molar-refractivity contribution in [1.29, 1.82) is 0 Å². The lowest BCUT2D eigenvalue weighted by Gasteiger charge is -2.04. The summed E-state index contributed by atoms with van der Waals surface area (Å²) in [6.45, 7) is 1.69. The van der Waals surface area contributed by atoms with Gasteiger partial charge in [-0.1, -0.05) is 23.5 Å². The Balaban J connectivity index is 2.03. The number of benzene rings is 2. The Morgan fingerprint density at radius 2 is 1.79 bits per heavy atom. The molecule has 0 atom stereocenters. The van der Waals surface area contributed by atoms with Crippen LogP contribution in [0.15, 0.2) is 47.5 Å². The number of halogens is 1. The van der Waals surface area contributed by atoms with Crippen LogP contribution in [0.3, 0.4) is 0 Å². The smallest absolute Gasteiger partial charge is 0.307 e. The second kappa shape index (κ2) is 8.26. The summed E-state index contributed by atoms with van der Waals surface area (Å²) in [5.74, 6) is -1.38. The number of carbonyl (C=O) groups excluding carboxylic acids is 3. The number of ether oxygens (including phenoxy) is 1. The summed E-state index contributed by atoms with van der Waals surface area (Å²) in [5.41, 5.74) is 1.50. The van der Waals surface area contributed by atoms with E-state index in [1.807, 2.05) is 0 Å². The van der Waals surface area contributed by atoms with Crippen LogP contribution in [0.2, 0.25) is 0 Å². The summed E-state index contributed by atoms with van der Waals surface area (Å²) in [4.78, 5) is 40.0. The zero-order valence-electron chi connectivity index (χ0n) is 15.3. The summed E-state index contributed by atoms with van der Waals surface area (Å²) in [7, 11) is 1.30. The van der Waals surface area contributed by atoms with Crippen molar-refractivity contribution >= 4 is 39.2 Å². The Kier molecular flexibility index (Phi) is 5.79. The maximum atomic E-state index is 13.6. The number of nitrogens with zero attached hydrogens (tertiary/aromatic N) is 2. The highest BCUT2D eigenvalue weighted by molar-refractivity contribution is 7.16. The number of aromatic nitrogens is 1. The molecule has 1 amide bonds. The highest BCUT2D eigenvalue weighted by Gasteiger charge is 2.12. The van der Waals surface area contributed by atoms with Gasteiger partial charge in [0.1, 0.15) is 5.82 Å². The molecule has 0 bridgehead atoms. The minimum Gasteiger partial charge on any atom is -0.469 e. The molecular weight excluding hydrogens is 383 g/mol. The van der Waals surface area contributed by atoms with Crippen LogP contribution in [-0.4, -0.2) is 29.3 Å². The van der Waals surface area contributed by atoms with Crippen LogP contribution in [0.1, 0.15) is 34.1 Å². The summed E-state index contributed by atoms with van der Waals surface area (Å²) in [5, 5.41) is 0. The predicted octanol–water partition coefficient (Wildman–Crippen LogP) is 3.35. The molecule has 1 heterocycles. The van der Waals surface area contributed by atoms with Crippen LogP contribution in [0.25, 0.3) is 10.2 Å². The minimum atomic E-state index is -0.492. The van der Waals surface area contributed by atoms with Crippen molar-refractivity contribution in [3.63, 3.8) is 0 Å². The largest absolute Gasteiger partial charge is 0.469 e. The Morgan fingerprint density at radius 3 is 2.43 bits per heavy atom. The van der Waals surface area contributed by atoms with E-state index in [0.717, 1.165) is 11.3 Å². The Bertz CT molecular complexity index is 1130. The highest BCUT2D eigenvalue weighted by atomic mass is 32.1. The molecule has 28 heavy (non-hydrogen) atoms. The molecule has 0 fully saturated rings. The first-order valence-corrected chi connectivity index (χ1v) is 9.26. The van der Waals surface area contributed by atoms with Gasteiger partial charge in [0.15, 0.2) is 10.6 Å². The van der Waals surface area contributed by atoms with Gasteiger partial charge >= 0.3 is 5.97 Å². The molecule has 8 heteroatoms. The van der Waals surface area contributed by atoms with Gasteiger partial charge in [0.25, 0.3) is 5.91 Å². The average molecular weight is 400 g/mol. The van der Waals surface area contributed by atoms with Gasteiger partial charge in [0.2, 0.25) is 0 Å². The zero-order chi connectivity index (χ0) is 20.3. The maximum Gasteiger partial charge on any atom is 0.307 e. The van der Waals surface area contributed by atoms with Crippen LogP contribution in [0, 0.1) is 5.82 Å². The Hall–Kier alpha value is -3.13. The monoisotopic (exact) mass is 400 g/mol. The van der Waals surface area contributed by atoms with Gasteiger partial charge in [-0.05, 0) is 37.3 Å². The van der Waals surface area contributed by atoms with Gasteiger partial charge in [-0.2, -0.15) is 4.99 Å². The van der Waals surface area contributed by atoms with Crippen molar-refractivity contribution in [2.75, 3.05) is 7.11 Å². The predicted molar refractivity (Wildman–Crippen MR) is 103 cm³/mol. The first-order chi connectivity index (χ1) is 13.4. The zero-order valence-corrected chi connectivity index (χ0v) is 16.1. The molecule has 0 unspecified atom stereocenters. The molecule has 3 rings (SSSR count). The molecule has 0 aliphatic rings. The summed E-state index contributed by atoms with van der Waals surface area (Å²) < 4.78 is 20.5. The van der Waals surface area contributed by atoms with Gasteiger partial charge < -0.3 is 9.30 Å². The number of fused-ring (bicyclic) bond motifs is 1. The quantitative estimate of drug-likeness (QED) is 0.486. The fourth-order valence-corrected chi connectivity index (χ4v) is 3.73. The third-order valence-electron chi connectivity index (χ3n) is 4.15. The van der Waals surface area contributed by atoms with Crippen molar-refractivity contribution < 1.29 is 23.5 Å². The van der Waals surface area contributed by atoms with Gasteiger partial charge in [0, 0.05) is 17.7 Å². The Labute approximate surface area is 163 Å². The second-order valence-electron chi connectivity index (χ2n) is 6.02. The standard InChI is InChI=1S/C20H17FN2O4S/c1-12(24)13-3-5-14(6-4-13)19(26)22-20-23(10-9-18(25)27-2)16-8-7-15(21)11-17(16)28-20/h3-8,11H,9-10H2,1-2H3. The van der Waals surface area contributed by atoms with Crippen LogP contribution in [0.4, 0.5) is 4.39 Å². The van der Waals surface area contributed by atoms with Crippen LogP contribution < -0.4 is 4.80 Å². The number of carbonyl (C=O) groups is 3. The summed E-state index contributed by atoms with van der Waals surface area (Å²) in [6.07, 6.45) is 0.0917. The third-order valence-corrected chi connectivity index (χ3v) is 5.19. The number of Topliss-reactive ketones (excluding diaryl/α,β-unsaturated/α-hetero) is 1. The van der Waals surface area contributed by atoms with Gasteiger partial charge in [0.05, 0.1) is 23.7 Å². The van der Waals surface area contributed by atoms with E-state index in [0.29, 0.717) is 26.1 Å². The van der Waals surface area contributed by atoms with Gasteiger partial charge in [-0.3, -0.25) is 14.4 Å². The fourth-order valence-electron chi connectivity index (χ4n) is 2.65. The number of methoxy groups -OCH3 is 1. The van der Waals surface area contributed by atoms with Crippen molar-refractivity contribution in [2.45, 2.75) is 19.9 Å². The van der Waals surface area contributed by atoms with Crippen molar-refractivity contribution in [1.82, 2.24) is 4.57 Å². The number of rotatable bonds is 5. The molecule has 0 saturated heterocycles. The molecule has 0 spiro atoms. The van der Waals surface area contributed by atoms with Crippen LogP contribution in [-0.2, 0) is 16.1 Å². The lowest BCUT2D eigenvalue weighted by molar-refractivity contribution is -0.140. The normalized spacial score (nSPS) is 11.6. The Morgan fingerprint density at radius 1 is 1.11 bits per heavy atom. The van der Waals surface area contributed by atoms with E-state index in [4.69, 9.17) is 0 Å². The van der Waals surface area contributed by atoms with Crippen molar-refractivity contribution in [3.8, 4) is 0 Å². The molecule has 0 N–H and O–H groups in total.